The largest absolute Gasteiger partial charge is 0.508 e. The molecule has 3 nitrogen and oxygen atoms in total. The minimum absolute atomic E-state index is 0.302. The first-order valence-electron chi connectivity index (χ1n) is 11.0. The van der Waals surface area contributed by atoms with Crippen LogP contribution in [0.15, 0.2) is 60.2 Å². The number of allylic oxidation sites excluding steroid dienone is 1. The van der Waals surface area contributed by atoms with Gasteiger partial charge in [0.05, 0.1) is 7.11 Å². The Morgan fingerprint density at radius 3 is 1.93 bits per heavy atom. The lowest BCUT2D eigenvalue weighted by atomic mass is 9.53. The SMILES string of the molecule is COC(=O)/C=C/c1ccc(C(=C2C3CC4CC(C3)CC2C4)c2ccc(O)cc2)cc1. The molecule has 1 N–H and O–H groups in total. The number of esters is 1. The quantitative estimate of drug-likeness (QED) is 0.518. The number of aromatic hydroxyl groups is 1. The molecule has 0 saturated heterocycles. The summed E-state index contributed by atoms with van der Waals surface area (Å²) in [5.74, 6) is 3.19. The van der Waals surface area contributed by atoms with E-state index in [0.717, 1.165) is 17.4 Å². The number of methoxy groups -OCH3 is 1. The maximum absolute atomic E-state index is 11.4. The van der Waals surface area contributed by atoms with Crippen LogP contribution in [0.4, 0.5) is 0 Å². The van der Waals surface area contributed by atoms with Gasteiger partial charge in [-0.05, 0) is 96.2 Å². The van der Waals surface area contributed by atoms with Crippen LogP contribution in [0.25, 0.3) is 11.6 Å². The Morgan fingerprint density at radius 1 is 0.867 bits per heavy atom. The number of hydrogen-bond acceptors (Lipinski definition) is 3. The van der Waals surface area contributed by atoms with Crippen LogP contribution in [-0.2, 0) is 9.53 Å². The Labute approximate surface area is 178 Å². The molecule has 30 heavy (non-hydrogen) atoms. The van der Waals surface area contributed by atoms with Crippen molar-refractivity contribution < 1.29 is 14.6 Å². The van der Waals surface area contributed by atoms with E-state index in [1.807, 2.05) is 12.1 Å². The van der Waals surface area contributed by atoms with E-state index in [9.17, 15) is 9.90 Å². The third kappa shape index (κ3) is 3.58. The molecule has 0 atom stereocenters. The predicted octanol–water partition coefficient (Wildman–Crippen LogP) is 5.84. The van der Waals surface area contributed by atoms with E-state index in [4.69, 9.17) is 0 Å². The summed E-state index contributed by atoms with van der Waals surface area (Å²) in [7, 11) is 1.39. The highest BCUT2D eigenvalue weighted by Crippen LogP contribution is 2.58. The van der Waals surface area contributed by atoms with Crippen molar-refractivity contribution >= 4 is 17.6 Å². The first-order chi connectivity index (χ1) is 14.6. The first-order valence-corrected chi connectivity index (χ1v) is 11.0. The lowest BCUT2D eigenvalue weighted by molar-refractivity contribution is -0.134. The molecule has 4 saturated carbocycles. The smallest absolute Gasteiger partial charge is 0.330 e. The predicted molar refractivity (Wildman–Crippen MR) is 119 cm³/mol. The average molecular weight is 401 g/mol. The van der Waals surface area contributed by atoms with E-state index in [0.29, 0.717) is 17.6 Å². The third-order valence-corrected chi connectivity index (χ3v) is 7.27. The summed E-state index contributed by atoms with van der Waals surface area (Å²) in [6, 6.07) is 16.1. The molecule has 0 amide bonds. The first kappa shape index (κ1) is 19.2. The van der Waals surface area contributed by atoms with Crippen molar-refractivity contribution in [3.8, 4) is 5.75 Å². The van der Waals surface area contributed by atoms with E-state index < -0.39 is 0 Å². The van der Waals surface area contributed by atoms with Gasteiger partial charge < -0.3 is 9.84 Å². The normalized spacial score (nSPS) is 26.9. The van der Waals surface area contributed by atoms with Gasteiger partial charge in [-0.1, -0.05) is 42.0 Å². The molecular formula is C27H28O3. The van der Waals surface area contributed by atoms with Gasteiger partial charge in [-0.2, -0.15) is 0 Å². The Morgan fingerprint density at radius 2 is 1.40 bits per heavy atom. The van der Waals surface area contributed by atoms with Crippen LogP contribution in [0.2, 0.25) is 0 Å². The van der Waals surface area contributed by atoms with Gasteiger partial charge >= 0.3 is 5.97 Å². The second kappa shape index (κ2) is 7.79. The van der Waals surface area contributed by atoms with Gasteiger partial charge in [-0.15, -0.1) is 0 Å². The van der Waals surface area contributed by atoms with E-state index >= 15 is 0 Å². The van der Waals surface area contributed by atoms with Crippen LogP contribution in [0, 0.1) is 23.7 Å². The summed E-state index contributed by atoms with van der Waals surface area (Å²) in [6.45, 7) is 0. The molecular weight excluding hydrogens is 372 g/mol. The highest BCUT2D eigenvalue weighted by atomic mass is 16.5. The van der Waals surface area contributed by atoms with Gasteiger partial charge in [-0.25, -0.2) is 4.79 Å². The van der Waals surface area contributed by atoms with Crippen molar-refractivity contribution in [3.05, 3.63) is 76.9 Å². The molecule has 4 aliphatic carbocycles. The molecule has 0 aromatic heterocycles. The summed E-state index contributed by atoms with van der Waals surface area (Å²) < 4.78 is 4.68. The fraction of sp³-hybridized carbons (Fsp3) is 0.370. The number of benzene rings is 2. The Balaban J connectivity index is 1.57. The lowest BCUT2D eigenvalue weighted by Gasteiger charge is -2.52. The number of rotatable bonds is 4. The number of hydrogen-bond donors (Lipinski definition) is 1. The Hall–Kier alpha value is -2.81. The molecule has 0 heterocycles. The fourth-order valence-corrected chi connectivity index (χ4v) is 6.22. The van der Waals surface area contributed by atoms with Gasteiger partial charge in [0.25, 0.3) is 0 Å². The topological polar surface area (TPSA) is 46.5 Å². The monoisotopic (exact) mass is 400 g/mol. The zero-order valence-corrected chi connectivity index (χ0v) is 17.4. The van der Waals surface area contributed by atoms with Crippen LogP contribution in [-0.4, -0.2) is 18.2 Å². The highest BCUT2D eigenvalue weighted by Gasteiger charge is 2.46. The van der Waals surface area contributed by atoms with Crippen molar-refractivity contribution in [2.75, 3.05) is 7.11 Å². The number of phenols is 1. The minimum Gasteiger partial charge on any atom is -0.508 e. The van der Waals surface area contributed by atoms with E-state index in [1.54, 1.807) is 23.8 Å². The van der Waals surface area contributed by atoms with Crippen molar-refractivity contribution in [1.29, 1.82) is 0 Å². The standard InChI is InChI=1S/C27H28O3/c1-30-25(29)11-4-17-2-5-20(6-3-17)26(21-7-9-24(28)10-8-21)27-22-13-18-12-19(15-22)16-23(27)14-18/h2-11,18-19,22-23,28H,12-16H2,1H3/b11-4+,27-26?. The molecule has 154 valence electrons. The van der Waals surface area contributed by atoms with Crippen molar-refractivity contribution in [1.82, 2.24) is 0 Å². The molecule has 2 aromatic carbocycles. The molecule has 3 heteroatoms. The zero-order valence-electron chi connectivity index (χ0n) is 17.4. The average Bonchev–Trinajstić information content (AvgIpc) is 2.75. The molecule has 4 aliphatic rings. The van der Waals surface area contributed by atoms with E-state index in [2.05, 4.69) is 29.0 Å². The van der Waals surface area contributed by atoms with Gasteiger partial charge in [0, 0.05) is 6.08 Å². The second-order valence-electron chi connectivity index (χ2n) is 9.16. The summed E-state index contributed by atoms with van der Waals surface area (Å²) >= 11 is 0. The second-order valence-corrected chi connectivity index (χ2v) is 9.16. The summed E-state index contributed by atoms with van der Waals surface area (Å²) in [6.07, 6.45) is 10.0. The lowest BCUT2D eigenvalue weighted by Crippen LogP contribution is -2.40. The van der Waals surface area contributed by atoms with Crippen LogP contribution in [0.3, 0.4) is 0 Å². The highest BCUT2D eigenvalue weighted by molar-refractivity contribution is 5.87. The molecule has 0 spiro atoms. The molecule has 2 aromatic rings. The molecule has 0 radical (unpaired) electrons. The summed E-state index contributed by atoms with van der Waals surface area (Å²) in [4.78, 5) is 11.4. The van der Waals surface area contributed by atoms with Gasteiger partial charge in [-0.3, -0.25) is 0 Å². The number of ether oxygens (including phenoxy) is 1. The van der Waals surface area contributed by atoms with Crippen molar-refractivity contribution in [3.63, 3.8) is 0 Å². The fourth-order valence-electron chi connectivity index (χ4n) is 6.22. The molecule has 4 fully saturated rings. The molecule has 0 unspecified atom stereocenters. The molecule has 0 aliphatic heterocycles. The van der Waals surface area contributed by atoms with E-state index in [-0.39, 0.29) is 5.97 Å². The van der Waals surface area contributed by atoms with Crippen molar-refractivity contribution in [2.24, 2.45) is 23.7 Å². The van der Waals surface area contributed by atoms with Crippen molar-refractivity contribution in [2.45, 2.75) is 32.1 Å². The summed E-state index contributed by atoms with van der Waals surface area (Å²) in [5, 5.41) is 9.82. The van der Waals surface area contributed by atoms with Crippen LogP contribution in [0.5, 0.6) is 5.75 Å². The van der Waals surface area contributed by atoms with Crippen LogP contribution in [0.1, 0.15) is 48.8 Å². The van der Waals surface area contributed by atoms with Gasteiger partial charge in [0.2, 0.25) is 0 Å². The van der Waals surface area contributed by atoms with Crippen LogP contribution < -0.4 is 0 Å². The Bertz CT molecular complexity index is 965. The number of carbonyl (C=O) groups is 1. The minimum atomic E-state index is -0.348. The number of carbonyl (C=O) groups excluding carboxylic acids is 1. The summed E-state index contributed by atoms with van der Waals surface area (Å²) in [5.41, 5.74) is 6.38. The zero-order chi connectivity index (χ0) is 20.7. The number of phenolic OH excluding ortho intramolecular Hbond substituents is 1. The van der Waals surface area contributed by atoms with Crippen LogP contribution >= 0.6 is 0 Å². The maximum Gasteiger partial charge on any atom is 0.330 e. The van der Waals surface area contributed by atoms with Gasteiger partial charge in [0.15, 0.2) is 0 Å². The van der Waals surface area contributed by atoms with Gasteiger partial charge in [0.1, 0.15) is 5.75 Å². The third-order valence-electron chi connectivity index (χ3n) is 7.27. The van der Waals surface area contributed by atoms with E-state index in [1.165, 1.54) is 62.0 Å². The maximum atomic E-state index is 11.4. The Kier molecular flexibility index (Phi) is 4.98. The molecule has 6 rings (SSSR count). The molecule has 4 bridgehead atoms.